The van der Waals surface area contributed by atoms with Crippen molar-refractivity contribution in [3.05, 3.63) is 69.9 Å². The molecule has 0 radical (unpaired) electrons. The first-order chi connectivity index (χ1) is 14.2. The molecule has 2 aliphatic heterocycles. The smallest absolute Gasteiger partial charge is 0.406 e. The van der Waals surface area contributed by atoms with Gasteiger partial charge in [-0.15, -0.1) is 0 Å². The Morgan fingerprint density at radius 2 is 2.10 bits per heavy atom. The SMILES string of the molecule is CCOC1=CC2NC(C3CC3)=CN2C=C1NC(=O)c1cccn(CC(F)(F)F)c1=O. The summed E-state index contributed by atoms with van der Waals surface area (Å²) < 4.78 is 44.1. The normalized spacial score (nSPS) is 20.6. The quantitative estimate of drug-likeness (QED) is 0.737. The molecule has 1 fully saturated rings. The minimum atomic E-state index is -4.57. The molecule has 1 saturated carbocycles. The minimum Gasteiger partial charge on any atom is -0.492 e. The number of aromatic nitrogens is 1. The third-order valence-corrected chi connectivity index (χ3v) is 4.96. The highest BCUT2D eigenvalue weighted by atomic mass is 19.4. The van der Waals surface area contributed by atoms with Crippen LogP contribution in [0.15, 0.2) is 58.8 Å². The maximum absolute atomic E-state index is 12.7. The van der Waals surface area contributed by atoms with Gasteiger partial charge in [-0.2, -0.15) is 13.2 Å². The van der Waals surface area contributed by atoms with Crippen LogP contribution in [0.4, 0.5) is 13.2 Å². The van der Waals surface area contributed by atoms with Crippen LogP contribution in [-0.2, 0) is 11.3 Å². The number of fused-ring (bicyclic) bond motifs is 1. The van der Waals surface area contributed by atoms with Gasteiger partial charge in [-0.05, 0) is 31.9 Å². The minimum absolute atomic E-state index is 0.136. The predicted molar refractivity (Wildman–Crippen MR) is 102 cm³/mol. The number of rotatable bonds is 6. The molecule has 1 unspecified atom stereocenters. The molecule has 4 rings (SSSR count). The van der Waals surface area contributed by atoms with Gasteiger partial charge < -0.3 is 24.8 Å². The second-order valence-corrected chi connectivity index (χ2v) is 7.33. The maximum Gasteiger partial charge on any atom is 0.406 e. The monoisotopic (exact) mass is 422 g/mol. The first-order valence-electron chi connectivity index (χ1n) is 9.65. The molecule has 1 amide bonds. The Labute approximate surface area is 170 Å². The number of pyridine rings is 1. The van der Waals surface area contributed by atoms with Crippen LogP contribution >= 0.6 is 0 Å². The van der Waals surface area contributed by atoms with Crippen molar-refractivity contribution in [3.63, 3.8) is 0 Å². The topological polar surface area (TPSA) is 75.6 Å². The third-order valence-electron chi connectivity index (χ3n) is 4.96. The van der Waals surface area contributed by atoms with Crippen molar-refractivity contribution in [2.45, 2.75) is 38.7 Å². The fraction of sp³-hybridized carbons (Fsp3) is 0.400. The van der Waals surface area contributed by atoms with Crippen molar-refractivity contribution in [1.82, 2.24) is 20.1 Å². The second kappa shape index (κ2) is 7.58. The van der Waals surface area contributed by atoms with Crippen LogP contribution in [0.1, 0.15) is 30.1 Å². The van der Waals surface area contributed by atoms with Crippen molar-refractivity contribution in [2.24, 2.45) is 5.92 Å². The van der Waals surface area contributed by atoms with Crippen LogP contribution in [-0.4, -0.2) is 34.3 Å². The van der Waals surface area contributed by atoms with Crippen molar-refractivity contribution in [3.8, 4) is 0 Å². The summed E-state index contributed by atoms with van der Waals surface area (Å²) in [5.41, 5.74) is 0.0597. The van der Waals surface area contributed by atoms with Gasteiger partial charge in [0.25, 0.3) is 11.5 Å². The molecule has 10 heteroatoms. The van der Waals surface area contributed by atoms with Crippen LogP contribution in [0.2, 0.25) is 0 Å². The molecule has 1 aromatic heterocycles. The van der Waals surface area contributed by atoms with Gasteiger partial charge >= 0.3 is 6.18 Å². The lowest BCUT2D eigenvalue weighted by molar-refractivity contribution is -0.141. The number of hydrogen-bond donors (Lipinski definition) is 2. The molecule has 3 heterocycles. The number of ether oxygens (including phenoxy) is 1. The van der Waals surface area contributed by atoms with Crippen molar-refractivity contribution < 1.29 is 22.7 Å². The molecule has 0 bridgehead atoms. The summed E-state index contributed by atoms with van der Waals surface area (Å²) in [4.78, 5) is 26.9. The van der Waals surface area contributed by atoms with E-state index in [4.69, 9.17) is 4.74 Å². The Bertz CT molecular complexity index is 1010. The summed E-state index contributed by atoms with van der Waals surface area (Å²) in [6.07, 6.45) is 4.03. The van der Waals surface area contributed by atoms with E-state index in [9.17, 15) is 22.8 Å². The molecule has 160 valence electrons. The lowest BCUT2D eigenvalue weighted by atomic mass is 10.2. The molecule has 7 nitrogen and oxygen atoms in total. The highest BCUT2D eigenvalue weighted by Gasteiger charge is 2.35. The Morgan fingerprint density at radius 1 is 1.33 bits per heavy atom. The van der Waals surface area contributed by atoms with Gasteiger partial charge in [-0.3, -0.25) is 9.59 Å². The van der Waals surface area contributed by atoms with Crippen molar-refractivity contribution in [1.29, 1.82) is 0 Å². The molecular formula is C20H21F3N4O3. The molecule has 1 aliphatic carbocycles. The average molecular weight is 422 g/mol. The number of allylic oxidation sites excluding steroid dienone is 1. The zero-order valence-corrected chi connectivity index (χ0v) is 16.2. The van der Waals surface area contributed by atoms with Gasteiger partial charge in [0.2, 0.25) is 0 Å². The van der Waals surface area contributed by atoms with Gasteiger partial charge in [0.1, 0.15) is 24.0 Å². The number of alkyl halides is 3. The lowest BCUT2D eigenvalue weighted by Gasteiger charge is -2.27. The first-order valence-corrected chi connectivity index (χ1v) is 9.65. The predicted octanol–water partition coefficient (Wildman–Crippen LogP) is 2.40. The number of amides is 1. The number of carbonyl (C=O) groups is 1. The van der Waals surface area contributed by atoms with Crippen LogP contribution < -0.4 is 16.2 Å². The highest BCUT2D eigenvalue weighted by molar-refractivity contribution is 5.95. The molecule has 1 aromatic rings. The third kappa shape index (κ3) is 4.22. The van der Waals surface area contributed by atoms with E-state index in [1.165, 1.54) is 12.1 Å². The molecule has 30 heavy (non-hydrogen) atoms. The molecule has 0 spiro atoms. The summed E-state index contributed by atoms with van der Waals surface area (Å²) in [6, 6.07) is 2.44. The lowest BCUT2D eigenvalue weighted by Crippen LogP contribution is -2.39. The molecule has 2 N–H and O–H groups in total. The number of halogens is 3. The summed E-state index contributed by atoms with van der Waals surface area (Å²) in [6.45, 7) is 0.698. The van der Waals surface area contributed by atoms with E-state index in [2.05, 4.69) is 10.6 Å². The van der Waals surface area contributed by atoms with E-state index in [0.29, 0.717) is 28.5 Å². The molecule has 3 aliphatic rings. The zero-order chi connectivity index (χ0) is 21.5. The summed E-state index contributed by atoms with van der Waals surface area (Å²) in [5, 5.41) is 6.01. The molecule has 0 aromatic carbocycles. The summed E-state index contributed by atoms with van der Waals surface area (Å²) in [7, 11) is 0. The number of hydrogen-bond acceptors (Lipinski definition) is 5. The molecular weight excluding hydrogens is 401 g/mol. The van der Waals surface area contributed by atoms with Gasteiger partial charge in [0, 0.05) is 36.3 Å². The summed E-state index contributed by atoms with van der Waals surface area (Å²) >= 11 is 0. The fourth-order valence-corrected chi connectivity index (χ4v) is 3.42. The molecule has 0 saturated heterocycles. The number of nitrogens with one attached hydrogen (secondary N) is 2. The Morgan fingerprint density at radius 3 is 2.77 bits per heavy atom. The van der Waals surface area contributed by atoms with Gasteiger partial charge in [-0.1, -0.05) is 0 Å². The van der Waals surface area contributed by atoms with Crippen LogP contribution in [0.5, 0.6) is 0 Å². The largest absolute Gasteiger partial charge is 0.492 e. The Hall–Kier alpha value is -3.17. The Balaban J connectivity index is 1.57. The van der Waals surface area contributed by atoms with Crippen molar-refractivity contribution >= 4 is 5.91 Å². The van der Waals surface area contributed by atoms with Crippen LogP contribution in [0.3, 0.4) is 0 Å². The first kappa shape index (κ1) is 20.1. The van der Waals surface area contributed by atoms with Gasteiger partial charge in [-0.25, -0.2) is 0 Å². The van der Waals surface area contributed by atoms with E-state index in [1.54, 1.807) is 13.1 Å². The standard InChI is InChI=1S/C20H21F3N4O3/c1-2-30-16-8-17-24-14(12-5-6-12)9-27(17)10-15(16)25-18(28)13-4-3-7-26(19(13)29)11-20(21,22)23/h3-4,7-10,12,17,24H,2,5-6,11H2,1H3,(H,25,28). The van der Waals surface area contributed by atoms with E-state index in [0.717, 1.165) is 24.7 Å². The average Bonchev–Trinajstić information content (AvgIpc) is 3.43. The van der Waals surface area contributed by atoms with E-state index in [1.807, 2.05) is 17.2 Å². The number of carbonyl (C=O) groups excluding carboxylic acids is 1. The highest BCUT2D eigenvalue weighted by Crippen LogP contribution is 2.38. The van der Waals surface area contributed by atoms with Crippen molar-refractivity contribution in [2.75, 3.05) is 6.61 Å². The van der Waals surface area contributed by atoms with Crippen LogP contribution in [0.25, 0.3) is 0 Å². The molecule has 1 atom stereocenters. The zero-order valence-electron chi connectivity index (χ0n) is 16.2. The van der Waals surface area contributed by atoms with Gasteiger partial charge in [0.05, 0.1) is 12.3 Å². The number of nitrogens with zero attached hydrogens (tertiary/aromatic N) is 2. The van der Waals surface area contributed by atoms with Gasteiger partial charge in [0.15, 0.2) is 0 Å². The van der Waals surface area contributed by atoms with E-state index < -0.39 is 24.2 Å². The summed E-state index contributed by atoms with van der Waals surface area (Å²) in [5.74, 6) is 0.143. The van der Waals surface area contributed by atoms with E-state index >= 15 is 0 Å². The van der Waals surface area contributed by atoms with Crippen LogP contribution in [0, 0.1) is 5.92 Å². The second-order valence-electron chi connectivity index (χ2n) is 7.33. The maximum atomic E-state index is 12.7. The fourth-order valence-electron chi connectivity index (χ4n) is 3.42. The van der Waals surface area contributed by atoms with E-state index in [-0.39, 0.29) is 11.7 Å². The Kier molecular flexibility index (Phi) is 5.08.